The number of rotatable bonds is 1. The van der Waals surface area contributed by atoms with Crippen LogP contribution in [-0.2, 0) is 17.0 Å². The van der Waals surface area contributed by atoms with Crippen LogP contribution >= 0.6 is 26.1 Å². The number of allylic oxidation sites excluding steroid dienone is 4. The molecule has 1 heterocycles. The molecule has 1 nitrogen and oxygen atoms in total. The predicted octanol–water partition coefficient (Wildman–Crippen LogP) is 6.61. The molecular formula is C17H14Cl2NPTi-2. The van der Waals surface area contributed by atoms with Crippen LogP contribution in [0.1, 0.15) is 6.42 Å². The third kappa shape index (κ3) is 5.50. The molecule has 1 aliphatic carbocycles. The third-order valence-corrected chi connectivity index (χ3v) is 4.68. The van der Waals surface area contributed by atoms with Gasteiger partial charge in [0.05, 0.1) is 0 Å². The van der Waals surface area contributed by atoms with Crippen LogP contribution in [0.3, 0.4) is 0 Å². The van der Waals surface area contributed by atoms with E-state index in [9.17, 15) is 0 Å². The van der Waals surface area contributed by atoms with E-state index >= 15 is 0 Å². The fourth-order valence-corrected chi connectivity index (χ4v) is 3.44. The van der Waals surface area contributed by atoms with Crippen LogP contribution in [0.5, 0.6) is 0 Å². The Bertz CT molecular complexity index is 689. The maximum Gasteiger partial charge on any atom is 0.0488 e. The van der Waals surface area contributed by atoms with Gasteiger partial charge in [-0.1, -0.05) is 18.9 Å². The minimum absolute atomic E-state index is 0.259. The van der Waals surface area contributed by atoms with E-state index in [4.69, 9.17) is 18.6 Å². The van der Waals surface area contributed by atoms with Crippen LogP contribution in [0.25, 0.3) is 16.1 Å². The van der Waals surface area contributed by atoms with Crippen molar-refractivity contribution in [3.05, 3.63) is 78.6 Å². The van der Waals surface area contributed by atoms with Crippen molar-refractivity contribution in [1.29, 1.82) is 0 Å². The Kier molecular flexibility index (Phi) is 8.16. The molecule has 1 aliphatic rings. The molecule has 3 aromatic rings. The molecule has 0 radical (unpaired) electrons. The number of hydrogen-bond acceptors (Lipinski definition) is 1. The van der Waals surface area contributed by atoms with Crippen LogP contribution in [0.15, 0.2) is 72.5 Å². The molecular weight excluding hydrogens is 368 g/mol. The molecule has 22 heavy (non-hydrogen) atoms. The summed E-state index contributed by atoms with van der Waals surface area (Å²) in [5.41, 5.74) is 0. The van der Waals surface area contributed by atoms with Crippen LogP contribution in [-0.4, -0.2) is 4.98 Å². The van der Waals surface area contributed by atoms with Gasteiger partial charge in [0.25, 0.3) is 0 Å². The van der Waals surface area contributed by atoms with Gasteiger partial charge in [-0.2, -0.15) is 12.1 Å². The maximum absolute atomic E-state index is 4.89. The summed E-state index contributed by atoms with van der Waals surface area (Å²) in [6, 6.07) is 13.0. The second-order valence-electron chi connectivity index (χ2n) is 4.39. The van der Waals surface area contributed by atoms with Crippen LogP contribution in [0.4, 0.5) is 0 Å². The van der Waals surface area contributed by atoms with Gasteiger partial charge in [-0.3, -0.25) is 11.1 Å². The summed E-state index contributed by atoms with van der Waals surface area (Å²) < 4.78 is 0. The number of aromatic nitrogens is 1. The van der Waals surface area contributed by atoms with Gasteiger partial charge < -0.3 is 0 Å². The van der Waals surface area contributed by atoms with Gasteiger partial charge in [0.1, 0.15) is 0 Å². The van der Waals surface area contributed by atoms with E-state index < -0.39 is 17.0 Å². The van der Waals surface area contributed by atoms with Crippen molar-refractivity contribution in [3.8, 4) is 5.30 Å². The number of nitrogens with zero attached hydrogens (tertiary/aromatic N) is 1. The van der Waals surface area contributed by atoms with Gasteiger partial charge in [0.15, 0.2) is 0 Å². The fourth-order valence-electron chi connectivity index (χ4n) is 2.04. The van der Waals surface area contributed by atoms with Crippen molar-refractivity contribution < 1.29 is 17.0 Å². The standard InChI is InChI=1S/C12H9NP.C5H5.2ClH.Ti/c1-2-4-11-8-12(7-10(11)3-1)14-6-5-13-9-14;1-2-4-5-3-1;;;/h1-9H;1-3H,4H2;2*1H;/q2*-1;;;+2/p-2. The van der Waals surface area contributed by atoms with Crippen LogP contribution in [0, 0.1) is 6.08 Å². The van der Waals surface area contributed by atoms with Gasteiger partial charge in [-0.15, -0.1) is 41.5 Å². The molecule has 1 aromatic heterocycles. The van der Waals surface area contributed by atoms with Crippen molar-refractivity contribution in [3.63, 3.8) is 0 Å². The fraction of sp³-hybridized carbons (Fsp3) is 0.0588. The van der Waals surface area contributed by atoms with Crippen molar-refractivity contribution in [2.45, 2.75) is 6.42 Å². The Balaban J connectivity index is 0.000000184. The Labute approximate surface area is 148 Å². The minimum atomic E-state index is -0.556. The molecule has 2 aromatic carbocycles. The molecule has 0 spiro atoms. The average molecular weight is 382 g/mol. The number of benzene rings is 1. The van der Waals surface area contributed by atoms with E-state index in [1.54, 1.807) is 0 Å². The summed E-state index contributed by atoms with van der Waals surface area (Å²) in [4.78, 5) is 4.13. The maximum atomic E-state index is 4.89. The van der Waals surface area contributed by atoms with Crippen LogP contribution < -0.4 is 0 Å². The summed E-state index contributed by atoms with van der Waals surface area (Å²) in [6.45, 7) is 0. The van der Waals surface area contributed by atoms with E-state index in [-0.39, 0.29) is 7.53 Å². The zero-order valence-corrected chi connectivity index (χ0v) is 15.8. The minimum Gasteiger partial charge on any atom is -0.260 e. The first kappa shape index (κ1) is 17.7. The Morgan fingerprint density at radius 2 is 2.09 bits per heavy atom. The summed E-state index contributed by atoms with van der Waals surface area (Å²) in [6.07, 6.45) is 11.9. The molecule has 0 aliphatic heterocycles. The molecule has 0 amide bonds. The van der Waals surface area contributed by atoms with Crippen LogP contribution in [0.2, 0.25) is 0 Å². The molecule has 0 N–H and O–H groups in total. The Hall–Kier alpha value is -0.686. The van der Waals surface area contributed by atoms with Crippen molar-refractivity contribution >= 4 is 36.9 Å². The molecule has 0 fully saturated rings. The summed E-state index contributed by atoms with van der Waals surface area (Å²) in [5.74, 6) is 4.23. The number of halogens is 2. The summed E-state index contributed by atoms with van der Waals surface area (Å²) in [7, 11) is 9.52. The van der Waals surface area contributed by atoms with Gasteiger partial charge in [-0.05, 0) is 5.80 Å². The van der Waals surface area contributed by atoms with E-state index in [1.165, 1.54) is 16.1 Å². The molecule has 1 atom stereocenters. The quantitative estimate of drug-likeness (QED) is 0.341. The van der Waals surface area contributed by atoms with Crippen molar-refractivity contribution in [2.75, 3.05) is 0 Å². The normalized spacial score (nSPS) is 12.4. The number of hydrogen-bond donors (Lipinski definition) is 0. The first-order chi connectivity index (χ1) is 10.8. The Morgan fingerprint density at radius 1 is 1.27 bits per heavy atom. The second kappa shape index (κ2) is 10.2. The molecule has 0 saturated carbocycles. The van der Waals surface area contributed by atoms with Crippen molar-refractivity contribution in [1.82, 2.24) is 4.98 Å². The van der Waals surface area contributed by atoms with E-state index in [0.29, 0.717) is 0 Å². The Morgan fingerprint density at radius 3 is 2.64 bits per heavy atom. The van der Waals surface area contributed by atoms with Crippen molar-refractivity contribution in [2.24, 2.45) is 0 Å². The van der Waals surface area contributed by atoms with E-state index in [2.05, 4.69) is 59.3 Å². The predicted molar refractivity (Wildman–Crippen MR) is 94.7 cm³/mol. The molecule has 4 rings (SSSR count). The van der Waals surface area contributed by atoms with E-state index in [1.807, 2.05) is 24.3 Å². The molecule has 0 saturated heterocycles. The van der Waals surface area contributed by atoms with Gasteiger partial charge in [0.2, 0.25) is 0 Å². The molecule has 5 heteroatoms. The zero-order valence-electron chi connectivity index (χ0n) is 11.8. The van der Waals surface area contributed by atoms with Gasteiger partial charge >= 0.3 is 35.6 Å². The molecule has 1 unspecified atom stereocenters. The summed E-state index contributed by atoms with van der Waals surface area (Å²) >= 11 is -0.556. The SMILES string of the molecule is [C-]1=CC=CC1.[Cl][Ti][Cl].c1ccc2[cH-]c(-p3ccnc3)cc2c1. The third-order valence-electron chi connectivity index (χ3n) is 2.99. The smallest absolute Gasteiger partial charge is 0.0488 e. The van der Waals surface area contributed by atoms with Gasteiger partial charge in [-0.25, -0.2) is 12.2 Å². The molecule has 112 valence electrons. The zero-order chi connectivity index (χ0) is 15.6. The molecule has 0 bridgehead atoms. The van der Waals surface area contributed by atoms with Gasteiger partial charge in [0, 0.05) is 12.1 Å². The first-order valence-electron chi connectivity index (χ1n) is 6.67. The summed E-state index contributed by atoms with van der Waals surface area (Å²) in [5, 5.41) is 4.07. The topological polar surface area (TPSA) is 12.9 Å². The largest absolute Gasteiger partial charge is 0.260 e. The van der Waals surface area contributed by atoms with E-state index in [0.717, 1.165) is 6.42 Å². The second-order valence-corrected chi connectivity index (χ2v) is 8.83. The average Bonchev–Trinajstić information content (AvgIpc) is 3.29. The number of fused-ring (bicyclic) bond motifs is 1. The first-order valence-corrected chi connectivity index (χ1v) is 12.4. The monoisotopic (exact) mass is 381 g/mol.